The smallest absolute Gasteiger partial charge is 0.328 e. The van der Waals surface area contributed by atoms with Gasteiger partial charge in [-0.1, -0.05) is 12.8 Å². The molecule has 1 aromatic carbocycles. The number of halogens is 1. The number of fused-ring (bicyclic) bond motifs is 1. The summed E-state index contributed by atoms with van der Waals surface area (Å²) >= 11 is 0. The minimum atomic E-state index is -1.05. The van der Waals surface area contributed by atoms with Crippen LogP contribution in [0.15, 0.2) is 18.2 Å². The van der Waals surface area contributed by atoms with Crippen LogP contribution in [0.3, 0.4) is 0 Å². The van der Waals surface area contributed by atoms with E-state index in [-0.39, 0.29) is 29.5 Å². The normalized spacial score (nSPS) is 20.1. The monoisotopic (exact) mass is 516 g/mol. The van der Waals surface area contributed by atoms with Crippen LogP contribution >= 0.6 is 0 Å². The molecule has 3 amide bonds. The van der Waals surface area contributed by atoms with Gasteiger partial charge in [-0.15, -0.1) is 0 Å². The molecule has 1 saturated carbocycles. The van der Waals surface area contributed by atoms with E-state index in [2.05, 4.69) is 20.9 Å². The highest BCUT2D eigenvalue weighted by Crippen LogP contribution is 2.34. The van der Waals surface area contributed by atoms with Crippen LogP contribution in [-0.4, -0.2) is 60.5 Å². The van der Waals surface area contributed by atoms with Crippen molar-refractivity contribution in [1.29, 1.82) is 0 Å². The van der Waals surface area contributed by atoms with Gasteiger partial charge in [-0.3, -0.25) is 14.4 Å². The first-order valence-corrected chi connectivity index (χ1v) is 12.4. The second kappa shape index (κ2) is 10.4. The molecule has 2 aromatic rings. The van der Waals surface area contributed by atoms with Crippen LogP contribution in [0.25, 0.3) is 10.9 Å². The highest BCUT2D eigenvalue weighted by molar-refractivity contribution is 6.02. The number of carbonyl (C=O) groups is 4. The van der Waals surface area contributed by atoms with Gasteiger partial charge in [0.05, 0.1) is 19.7 Å². The molecule has 0 radical (unpaired) electrons. The Bertz CT molecular complexity index is 1220. The SMILES string of the molecule is COC(=O)C(CC1CC(C)(C)NC1=O)NC(=O)C(CC1CC1)NC(=O)c1cc2c(OC)ccc(F)c2[nH]1. The number of hydrogen-bond donors (Lipinski definition) is 4. The predicted octanol–water partition coefficient (Wildman–Crippen LogP) is 2.18. The first-order valence-electron chi connectivity index (χ1n) is 12.4. The fraction of sp³-hybridized carbons (Fsp3) is 0.538. The quantitative estimate of drug-likeness (QED) is 0.357. The fourth-order valence-electron chi connectivity index (χ4n) is 4.91. The van der Waals surface area contributed by atoms with E-state index in [4.69, 9.17) is 9.47 Å². The van der Waals surface area contributed by atoms with Crippen molar-refractivity contribution in [2.24, 2.45) is 11.8 Å². The molecule has 4 N–H and O–H groups in total. The summed E-state index contributed by atoms with van der Waals surface area (Å²) in [4.78, 5) is 54.0. The lowest BCUT2D eigenvalue weighted by Gasteiger charge is -2.23. The van der Waals surface area contributed by atoms with Gasteiger partial charge in [0.15, 0.2) is 0 Å². The number of rotatable bonds is 10. The van der Waals surface area contributed by atoms with Gasteiger partial charge < -0.3 is 30.4 Å². The van der Waals surface area contributed by atoms with Gasteiger partial charge in [0.2, 0.25) is 11.8 Å². The van der Waals surface area contributed by atoms with Crippen molar-refractivity contribution in [1.82, 2.24) is 20.9 Å². The third kappa shape index (κ3) is 6.03. The van der Waals surface area contributed by atoms with E-state index < -0.39 is 47.1 Å². The Morgan fingerprint density at radius 3 is 2.46 bits per heavy atom. The largest absolute Gasteiger partial charge is 0.496 e. The van der Waals surface area contributed by atoms with Crippen LogP contribution in [0.2, 0.25) is 0 Å². The molecule has 3 unspecified atom stereocenters. The van der Waals surface area contributed by atoms with Crippen molar-refractivity contribution in [2.45, 2.75) is 63.6 Å². The van der Waals surface area contributed by atoms with Gasteiger partial charge >= 0.3 is 5.97 Å². The molecule has 200 valence electrons. The number of carbonyl (C=O) groups excluding carboxylic acids is 4. The number of aromatic nitrogens is 1. The highest BCUT2D eigenvalue weighted by Gasteiger charge is 2.41. The van der Waals surface area contributed by atoms with Gasteiger partial charge in [-0.25, -0.2) is 9.18 Å². The number of hydrogen-bond acceptors (Lipinski definition) is 6. The molecular weight excluding hydrogens is 483 g/mol. The molecular formula is C26H33FN4O6. The van der Waals surface area contributed by atoms with E-state index in [1.807, 2.05) is 13.8 Å². The molecule has 0 bridgehead atoms. The minimum absolute atomic E-state index is 0.0707. The number of benzene rings is 1. The zero-order valence-corrected chi connectivity index (χ0v) is 21.4. The summed E-state index contributed by atoms with van der Waals surface area (Å²) in [6, 6.07) is 2.19. The Morgan fingerprint density at radius 2 is 1.86 bits per heavy atom. The first-order chi connectivity index (χ1) is 17.5. The van der Waals surface area contributed by atoms with Crippen molar-refractivity contribution >= 4 is 34.6 Å². The summed E-state index contributed by atoms with van der Waals surface area (Å²) in [5, 5.41) is 8.70. The Kier molecular flexibility index (Phi) is 7.42. The van der Waals surface area contributed by atoms with Crippen molar-refractivity contribution in [3.63, 3.8) is 0 Å². The average molecular weight is 517 g/mol. The third-order valence-corrected chi connectivity index (χ3v) is 6.97. The van der Waals surface area contributed by atoms with Crippen molar-refractivity contribution in [3.05, 3.63) is 29.7 Å². The van der Waals surface area contributed by atoms with E-state index in [0.717, 1.165) is 12.8 Å². The number of nitrogens with one attached hydrogen (secondary N) is 4. The minimum Gasteiger partial charge on any atom is -0.496 e. The number of aromatic amines is 1. The van der Waals surface area contributed by atoms with E-state index in [0.29, 0.717) is 24.0 Å². The van der Waals surface area contributed by atoms with Crippen molar-refractivity contribution in [2.75, 3.05) is 14.2 Å². The van der Waals surface area contributed by atoms with Gasteiger partial charge in [0.1, 0.15) is 29.3 Å². The number of methoxy groups -OCH3 is 2. The summed E-state index contributed by atoms with van der Waals surface area (Å²) in [7, 11) is 2.66. The Balaban J connectivity index is 1.50. The van der Waals surface area contributed by atoms with Gasteiger partial charge in [0, 0.05) is 16.8 Å². The molecule has 2 heterocycles. The number of amides is 3. The number of esters is 1. The van der Waals surface area contributed by atoms with Crippen LogP contribution < -0.4 is 20.7 Å². The maximum absolute atomic E-state index is 14.3. The molecule has 3 atom stereocenters. The molecule has 1 saturated heterocycles. The molecule has 11 heteroatoms. The van der Waals surface area contributed by atoms with Crippen LogP contribution in [0.4, 0.5) is 4.39 Å². The molecule has 10 nitrogen and oxygen atoms in total. The second-order valence-electron chi connectivity index (χ2n) is 10.5. The summed E-state index contributed by atoms with van der Waals surface area (Å²) < 4.78 is 24.4. The molecule has 2 aliphatic rings. The topological polar surface area (TPSA) is 139 Å². The van der Waals surface area contributed by atoms with Gasteiger partial charge in [-0.2, -0.15) is 0 Å². The van der Waals surface area contributed by atoms with Crippen LogP contribution in [0.1, 0.15) is 56.4 Å². The summed E-state index contributed by atoms with van der Waals surface area (Å²) in [5.74, 6) is -2.32. The van der Waals surface area contributed by atoms with E-state index in [1.165, 1.54) is 32.4 Å². The number of ether oxygens (including phenoxy) is 2. The molecule has 1 aromatic heterocycles. The molecule has 1 aliphatic carbocycles. The van der Waals surface area contributed by atoms with Crippen molar-refractivity contribution < 1.29 is 33.0 Å². The Morgan fingerprint density at radius 1 is 1.14 bits per heavy atom. The van der Waals surface area contributed by atoms with Gasteiger partial charge in [0.25, 0.3) is 5.91 Å². The van der Waals surface area contributed by atoms with E-state index >= 15 is 0 Å². The Hall–Kier alpha value is -3.63. The molecule has 2 fully saturated rings. The maximum Gasteiger partial charge on any atom is 0.328 e. The van der Waals surface area contributed by atoms with Crippen LogP contribution in [0, 0.1) is 17.7 Å². The van der Waals surface area contributed by atoms with Gasteiger partial charge in [-0.05, 0) is 57.2 Å². The second-order valence-corrected chi connectivity index (χ2v) is 10.5. The summed E-state index contributed by atoms with van der Waals surface area (Å²) in [5.41, 5.74) is -0.214. The lowest BCUT2D eigenvalue weighted by molar-refractivity contribution is -0.146. The van der Waals surface area contributed by atoms with Crippen LogP contribution in [-0.2, 0) is 19.1 Å². The number of H-pyrrole nitrogens is 1. The summed E-state index contributed by atoms with van der Waals surface area (Å²) in [6.07, 6.45) is 2.86. The zero-order valence-electron chi connectivity index (χ0n) is 21.4. The predicted molar refractivity (Wildman–Crippen MR) is 132 cm³/mol. The van der Waals surface area contributed by atoms with E-state index in [1.54, 1.807) is 0 Å². The molecule has 4 rings (SSSR count). The first kappa shape index (κ1) is 26.4. The molecule has 37 heavy (non-hydrogen) atoms. The molecule has 1 aliphatic heterocycles. The van der Waals surface area contributed by atoms with Crippen LogP contribution in [0.5, 0.6) is 5.75 Å². The molecule has 0 spiro atoms. The summed E-state index contributed by atoms with van der Waals surface area (Å²) in [6.45, 7) is 3.78. The Labute approximate surface area is 214 Å². The zero-order chi connectivity index (χ0) is 26.9. The lowest BCUT2D eigenvalue weighted by atomic mass is 9.91. The maximum atomic E-state index is 14.3. The fourth-order valence-corrected chi connectivity index (χ4v) is 4.91. The standard InChI is InChI=1S/C26H33FN4O6/c1-26(2)12-14(22(32)31-26)10-19(25(35)37-4)30-23(33)17(9-13-5-6-13)29-24(34)18-11-15-20(36-3)8-7-16(27)21(15)28-18/h7-8,11,13-14,17,19,28H,5-6,9-10,12H2,1-4H3,(H,29,34)(H,30,33)(H,31,32). The third-order valence-electron chi connectivity index (χ3n) is 6.97. The van der Waals surface area contributed by atoms with E-state index in [9.17, 15) is 23.6 Å². The average Bonchev–Trinajstić information content (AvgIpc) is 3.47. The highest BCUT2D eigenvalue weighted by atomic mass is 19.1. The lowest BCUT2D eigenvalue weighted by Crippen LogP contribution is -2.52. The van der Waals surface area contributed by atoms with Crippen molar-refractivity contribution in [3.8, 4) is 5.75 Å².